The fourth-order valence-electron chi connectivity index (χ4n) is 3.63. The molecular weight excluding hydrogens is 244 g/mol. The summed E-state index contributed by atoms with van der Waals surface area (Å²) in [5.41, 5.74) is 8.96. The fourth-order valence-corrected chi connectivity index (χ4v) is 3.63. The second-order valence-corrected chi connectivity index (χ2v) is 6.96. The van der Waals surface area contributed by atoms with E-state index in [0.717, 1.165) is 12.1 Å². The molecule has 2 unspecified atom stereocenters. The predicted molar refractivity (Wildman–Crippen MR) is 84.7 cm³/mol. The van der Waals surface area contributed by atoms with Crippen molar-refractivity contribution in [2.24, 2.45) is 17.1 Å². The highest BCUT2D eigenvalue weighted by molar-refractivity contribution is 5.79. The molecule has 106 valence electrons. The first kappa shape index (κ1) is 13.6. The molecule has 0 spiro atoms. The van der Waals surface area contributed by atoms with Crippen molar-refractivity contribution >= 4 is 10.9 Å². The predicted octanol–water partition coefficient (Wildman–Crippen LogP) is 4.10. The SMILES string of the molecule is CC1(C)CCC(CN)C(c2ccc3cccnc3c2)C1. The summed E-state index contributed by atoms with van der Waals surface area (Å²) in [7, 11) is 0. The lowest BCUT2D eigenvalue weighted by atomic mass is 9.65. The third kappa shape index (κ3) is 2.57. The lowest BCUT2D eigenvalue weighted by molar-refractivity contribution is 0.166. The van der Waals surface area contributed by atoms with Gasteiger partial charge in [0.2, 0.25) is 0 Å². The van der Waals surface area contributed by atoms with Gasteiger partial charge in [0.25, 0.3) is 0 Å². The van der Waals surface area contributed by atoms with Crippen LogP contribution in [0, 0.1) is 11.3 Å². The molecule has 2 N–H and O–H groups in total. The molecule has 0 amide bonds. The van der Waals surface area contributed by atoms with Gasteiger partial charge in [-0.15, -0.1) is 0 Å². The number of benzene rings is 1. The summed E-state index contributed by atoms with van der Waals surface area (Å²) in [5.74, 6) is 1.19. The van der Waals surface area contributed by atoms with Gasteiger partial charge in [-0.05, 0) is 60.8 Å². The molecule has 0 radical (unpaired) electrons. The molecule has 0 saturated heterocycles. The van der Waals surface area contributed by atoms with Crippen LogP contribution in [0.2, 0.25) is 0 Å². The zero-order chi connectivity index (χ0) is 14.2. The monoisotopic (exact) mass is 268 g/mol. The van der Waals surface area contributed by atoms with Crippen molar-refractivity contribution in [3.63, 3.8) is 0 Å². The molecule has 2 atom stereocenters. The largest absolute Gasteiger partial charge is 0.330 e. The van der Waals surface area contributed by atoms with Crippen LogP contribution in [0.1, 0.15) is 44.6 Å². The third-order valence-corrected chi connectivity index (χ3v) is 4.89. The van der Waals surface area contributed by atoms with Gasteiger partial charge in [-0.3, -0.25) is 4.98 Å². The third-order valence-electron chi connectivity index (χ3n) is 4.89. The molecule has 1 aromatic heterocycles. The molecule has 2 heteroatoms. The summed E-state index contributed by atoms with van der Waals surface area (Å²) in [4.78, 5) is 4.49. The standard InChI is InChI=1S/C18H24N2/c1-18(2)8-7-15(12-19)16(11-18)14-6-5-13-4-3-9-20-17(13)10-14/h3-6,9-10,15-16H,7-8,11-12,19H2,1-2H3. The Morgan fingerprint density at radius 1 is 1.30 bits per heavy atom. The van der Waals surface area contributed by atoms with Gasteiger partial charge >= 0.3 is 0 Å². The van der Waals surface area contributed by atoms with E-state index in [0.29, 0.717) is 17.3 Å². The van der Waals surface area contributed by atoms with E-state index in [4.69, 9.17) is 5.73 Å². The van der Waals surface area contributed by atoms with Crippen LogP contribution in [0.15, 0.2) is 36.5 Å². The summed E-state index contributed by atoms with van der Waals surface area (Å²) in [5, 5.41) is 1.22. The van der Waals surface area contributed by atoms with Crippen molar-refractivity contribution in [3.05, 3.63) is 42.1 Å². The Morgan fingerprint density at radius 3 is 2.95 bits per heavy atom. The van der Waals surface area contributed by atoms with Crippen molar-refractivity contribution in [2.45, 2.75) is 39.0 Å². The van der Waals surface area contributed by atoms with Crippen LogP contribution in [0.25, 0.3) is 10.9 Å². The first-order chi connectivity index (χ1) is 9.59. The van der Waals surface area contributed by atoms with Crippen LogP contribution in [0.5, 0.6) is 0 Å². The number of nitrogens with zero attached hydrogens (tertiary/aromatic N) is 1. The molecule has 1 saturated carbocycles. The Kier molecular flexibility index (Phi) is 3.51. The minimum absolute atomic E-state index is 0.426. The van der Waals surface area contributed by atoms with Crippen molar-refractivity contribution in [1.82, 2.24) is 4.98 Å². The number of nitrogens with two attached hydrogens (primary N) is 1. The molecule has 1 aromatic carbocycles. The zero-order valence-corrected chi connectivity index (χ0v) is 12.5. The highest BCUT2D eigenvalue weighted by Gasteiger charge is 2.34. The van der Waals surface area contributed by atoms with E-state index in [1.165, 1.54) is 30.2 Å². The quantitative estimate of drug-likeness (QED) is 0.890. The second kappa shape index (κ2) is 5.17. The van der Waals surface area contributed by atoms with Crippen LogP contribution < -0.4 is 5.73 Å². The van der Waals surface area contributed by atoms with E-state index in [2.05, 4.69) is 43.1 Å². The Balaban J connectivity index is 1.98. The molecule has 2 nitrogen and oxygen atoms in total. The highest BCUT2D eigenvalue weighted by atomic mass is 14.6. The van der Waals surface area contributed by atoms with Gasteiger partial charge in [0.1, 0.15) is 0 Å². The normalized spacial score (nSPS) is 25.8. The van der Waals surface area contributed by atoms with Gasteiger partial charge in [-0.2, -0.15) is 0 Å². The van der Waals surface area contributed by atoms with E-state index < -0.39 is 0 Å². The molecular formula is C18H24N2. The number of aromatic nitrogens is 1. The smallest absolute Gasteiger partial charge is 0.0704 e. The Morgan fingerprint density at radius 2 is 2.15 bits per heavy atom. The Hall–Kier alpha value is -1.41. The number of pyridine rings is 1. The first-order valence-corrected chi connectivity index (χ1v) is 7.64. The minimum atomic E-state index is 0.426. The van der Waals surface area contributed by atoms with Gasteiger partial charge in [0.05, 0.1) is 5.52 Å². The van der Waals surface area contributed by atoms with Crippen molar-refractivity contribution in [1.29, 1.82) is 0 Å². The van der Waals surface area contributed by atoms with E-state index in [1.54, 1.807) is 0 Å². The summed E-state index contributed by atoms with van der Waals surface area (Å²) in [6.45, 7) is 5.55. The summed E-state index contributed by atoms with van der Waals surface area (Å²) in [6, 6.07) is 10.9. The lowest BCUT2D eigenvalue weighted by Gasteiger charge is -2.40. The van der Waals surface area contributed by atoms with Gasteiger partial charge in [-0.1, -0.05) is 32.0 Å². The molecule has 2 aromatic rings. The molecule has 1 fully saturated rings. The Bertz CT molecular complexity index is 603. The molecule has 1 heterocycles. The van der Waals surface area contributed by atoms with Crippen LogP contribution in [-0.4, -0.2) is 11.5 Å². The molecule has 1 aliphatic carbocycles. The van der Waals surface area contributed by atoms with Gasteiger partial charge in [0, 0.05) is 11.6 Å². The van der Waals surface area contributed by atoms with Crippen LogP contribution >= 0.6 is 0 Å². The van der Waals surface area contributed by atoms with E-state index in [9.17, 15) is 0 Å². The summed E-state index contributed by atoms with van der Waals surface area (Å²) in [6.07, 6.45) is 5.64. The minimum Gasteiger partial charge on any atom is -0.330 e. The van der Waals surface area contributed by atoms with E-state index in [1.807, 2.05) is 12.3 Å². The van der Waals surface area contributed by atoms with Gasteiger partial charge in [-0.25, -0.2) is 0 Å². The van der Waals surface area contributed by atoms with Gasteiger partial charge in [0.15, 0.2) is 0 Å². The Labute approximate surface area is 121 Å². The molecule has 3 rings (SSSR count). The van der Waals surface area contributed by atoms with Crippen LogP contribution in [0.3, 0.4) is 0 Å². The first-order valence-electron chi connectivity index (χ1n) is 7.64. The van der Waals surface area contributed by atoms with E-state index >= 15 is 0 Å². The number of hydrogen-bond donors (Lipinski definition) is 1. The fraction of sp³-hybridized carbons (Fsp3) is 0.500. The topological polar surface area (TPSA) is 38.9 Å². The maximum atomic E-state index is 6.02. The molecule has 20 heavy (non-hydrogen) atoms. The number of hydrogen-bond acceptors (Lipinski definition) is 2. The number of rotatable bonds is 2. The lowest BCUT2D eigenvalue weighted by Crippen LogP contribution is -2.32. The average Bonchev–Trinajstić information content (AvgIpc) is 2.46. The maximum Gasteiger partial charge on any atom is 0.0704 e. The maximum absolute atomic E-state index is 6.02. The van der Waals surface area contributed by atoms with Crippen molar-refractivity contribution in [3.8, 4) is 0 Å². The second-order valence-electron chi connectivity index (χ2n) is 6.96. The van der Waals surface area contributed by atoms with Crippen molar-refractivity contribution in [2.75, 3.05) is 6.54 Å². The highest BCUT2D eigenvalue weighted by Crippen LogP contribution is 2.46. The average molecular weight is 268 g/mol. The molecule has 0 bridgehead atoms. The van der Waals surface area contributed by atoms with Crippen molar-refractivity contribution < 1.29 is 0 Å². The number of fused-ring (bicyclic) bond motifs is 1. The van der Waals surface area contributed by atoms with Crippen LogP contribution in [-0.2, 0) is 0 Å². The van der Waals surface area contributed by atoms with Gasteiger partial charge < -0.3 is 5.73 Å². The summed E-state index contributed by atoms with van der Waals surface area (Å²) >= 11 is 0. The molecule has 0 aliphatic heterocycles. The van der Waals surface area contributed by atoms with E-state index in [-0.39, 0.29) is 0 Å². The summed E-state index contributed by atoms with van der Waals surface area (Å²) < 4.78 is 0. The van der Waals surface area contributed by atoms with Crippen LogP contribution in [0.4, 0.5) is 0 Å². The zero-order valence-electron chi connectivity index (χ0n) is 12.5. The molecule has 1 aliphatic rings.